The second kappa shape index (κ2) is 7.96. The number of thiocarbonyl (C=S) groups is 1. The molecule has 11 heteroatoms. The summed E-state index contributed by atoms with van der Waals surface area (Å²) in [6, 6.07) is -0.747. The summed E-state index contributed by atoms with van der Waals surface area (Å²) in [6.07, 6.45) is -4.63. The smallest absolute Gasteiger partial charge is 0.305 e. The van der Waals surface area contributed by atoms with E-state index in [9.17, 15) is 19.2 Å². The molecular formula is C15H19NO9S. The molecule has 1 amide bonds. The van der Waals surface area contributed by atoms with E-state index in [4.69, 9.17) is 35.9 Å². The lowest BCUT2D eigenvalue weighted by atomic mass is 10.0. The molecule has 0 radical (unpaired) electrons. The van der Waals surface area contributed by atoms with Crippen molar-refractivity contribution in [2.24, 2.45) is 0 Å². The standard InChI is InChI=1S/C15H19NO9S/c1-6(17)16-10(5-21-15(16)26)11-12(22-7(2)18)13(23-8(3)19)14(25-11)24-9(4)20/h10-14H,5H2,1-4H3/t10-,11-,12-,13-,14-/m1/s1. The Labute approximate surface area is 154 Å². The van der Waals surface area contributed by atoms with E-state index in [1.165, 1.54) is 18.7 Å². The summed E-state index contributed by atoms with van der Waals surface area (Å²) in [5.74, 6) is -2.44. The van der Waals surface area contributed by atoms with Crippen LogP contribution >= 0.6 is 12.2 Å². The molecule has 2 rings (SSSR count). The predicted molar refractivity (Wildman–Crippen MR) is 86.4 cm³/mol. The molecule has 0 aromatic heterocycles. The van der Waals surface area contributed by atoms with Gasteiger partial charge in [0.25, 0.3) is 5.17 Å². The molecule has 0 aromatic rings. The van der Waals surface area contributed by atoms with Crippen molar-refractivity contribution in [3.05, 3.63) is 0 Å². The molecule has 10 nitrogen and oxygen atoms in total. The van der Waals surface area contributed by atoms with Gasteiger partial charge in [-0.2, -0.15) is 0 Å². The molecule has 2 aliphatic rings. The third kappa shape index (κ3) is 4.28. The number of ether oxygens (including phenoxy) is 5. The van der Waals surface area contributed by atoms with Crippen molar-refractivity contribution >= 4 is 41.2 Å². The van der Waals surface area contributed by atoms with Crippen LogP contribution in [-0.2, 0) is 42.9 Å². The highest BCUT2D eigenvalue weighted by Gasteiger charge is 2.57. The summed E-state index contributed by atoms with van der Waals surface area (Å²) in [5.41, 5.74) is 0. The largest absolute Gasteiger partial charge is 0.468 e. The van der Waals surface area contributed by atoms with Gasteiger partial charge < -0.3 is 23.7 Å². The monoisotopic (exact) mass is 389 g/mol. The number of hydrogen-bond donors (Lipinski definition) is 0. The molecule has 0 spiro atoms. The molecule has 2 heterocycles. The van der Waals surface area contributed by atoms with Crippen LogP contribution in [0.25, 0.3) is 0 Å². The van der Waals surface area contributed by atoms with E-state index in [1.807, 2.05) is 0 Å². The summed E-state index contributed by atoms with van der Waals surface area (Å²) < 4.78 is 26.4. The van der Waals surface area contributed by atoms with Gasteiger partial charge in [-0.1, -0.05) is 0 Å². The van der Waals surface area contributed by atoms with E-state index < -0.39 is 54.5 Å². The average molecular weight is 389 g/mol. The van der Waals surface area contributed by atoms with Crippen molar-refractivity contribution in [2.45, 2.75) is 58.3 Å². The van der Waals surface area contributed by atoms with E-state index in [2.05, 4.69) is 0 Å². The first-order chi connectivity index (χ1) is 12.1. The summed E-state index contributed by atoms with van der Waals surface area (Å²) in [4.78, 5) is 47.4. The third-order valence-corrected chi connectivity index (χ3v) is 4.03. The Morgan fingerprint density at radius 2 is 1.50 bits per heavy atom. The maximum atomic E-state index is 11.9. The molecule has 0 aliphatic carbocycles. The summed E-state index contributed by atoms with van der Waals surface area (Å²) in [7, 11) is 0. The Balaban J connectivity index is 2.36. The fourth-order valence-electron chi connectivity index (χ4n) is 2.90. The Hall–Kier alpha value is -2.27. The number of amides is 1. The molecule has 2 saturated heterocycles. The van der Waals surface area contributed by atoms with Crippen LogP contribution in [0, 0.1) is 0 Å². The fraction of sp³-hybridized carbons (Fsp3) is 0.667. The highest BCUT2D eigenvalue weighted by molar-refractivity contribution is 7.80. The van der Waals surface area contributed by atoms with Crippen LogP contribution in [0.5, 0.6) is 0 Å². The number of nitrogens with zero attached hydrogens (tertiary/aromatic N) is 1. The van der Waals surface area contributed by atoms with Gasteiger partial charge in [0.1, 0.15) is 18.8 Å². The van der Waals surface area contributed by atoms with Crippen molar-refractivity contribution in [2.75, 3.05) is 6.61 Å². The Kier molecular flexibility index (Phi) is 6.13. The van der Waals surface area contributed by atoms with Crippen LogP contribution in [0.4, 0.5) is 0 Å². The minimum atomic E-state index is -1.31. The topological polar surface area (TPSA) is 118 Å². The van der Waals surface area contributed by atoms with E-state index >= 15 is 0 Å². The van der Waals surface area contributed by atoms with E-state index in [1.54, 1.807) is 0 Å². The molecule has 0 unspecified atom stereocenters. The van der Waals surface area contributed by atoms with Crippen molar-refractivity contribution < 1.29 is 42.9 Å². The Bertz CT molecular complexity index is 637. The first-order valence-electron chi connectivity index (χ1n) is 7.75. The van der Waals surface area contributed by atoms with E-state index in [0.29, 0.717) is 0 Å². The van der Waals surface area contributed by atoms with Crippen molar-refractivity contribution in [1.82, 2.24) is 4.90 Å². The Morgan fingerprint density at radius 1 is 0.962 bits per heavy atom. The zero-order valence-electron chi connectivity index (χ0n) is 14.6. The lowest BCUT2D eigenvalue weighted by molar-refractivity contribution is -0.197. The first-order valence-corrected chi connectivity index (χ1v) is 8.16. The number of hydrogen-bond acceptors (Lipinski definition) is 10. The molecule has 5 atom stereocenters. The van der Waals surface area contributed by atoms with Crippen molar-refractivity contribution in [3.63, 3.8) is 0 Å². The zero-order chi connectivity index (χ0) is 19.6. The highest BCUT2D eigenvalue weighted by atomic mass is 32.1. The van der Waals surface area contributed by atoms with Crippen LogP contribution < -0.4 is 0 Å². The highest BCUT2D eigenvalue weighted by Crippen LogP contribution is 2.33. The second-order valence-electron chi connectivity index (χ2n) is 5.76. The molecule has 2 fully saturated rings. The van der Waals surface area contributed by atoms with Gasteiger partial charge in [0, 0.05) is 27.7 Å². The first kappa shape index (κ1) is 20.0. The quantitative estimate of drug-likeness (QED) is 0.359. The van der Waals surface area contributed by atoms with Crippen LogP contribution in [0.1, 0.15) is 27.7 Å². The molecular weight excluding hydrogens is 370 g/mol. The van der Waals surface area contributed by atoms with Gasteiger partial charge in [-0.25, -0.2) is 0 Å². The third-order valence-electron chi connectivity index (χ3n) is 3.72. The summed E-state index contributed by atoms with van der Waals surface area (Å²) in [6.45, 7) is 4.74. The van der Waals surface area contributed by atoms with Crippen LogP contribution in [0.15, 0.2) is 0 Å². The molecule has 2 aliphatic heterocycles. The Morgan fingerprint density at radius 3 is 2.00 bits per heavy atom. The number of rotatable bonds is 4. The average Bonchev–Trinajstić information content (AvgIpc) is 3.00. The van der Waals surface area contributed by atoms with Gasteiger partial charge >= 0.3 is 17.9 Å². The summed E-state index contributed by atoms with van der Waals surface area (Å²) in [5, 5.41) is -0.0485. The van der Waals surface area contributed by atoms with Gasteiger partial charge in [-0.3, -0.25) is 24.1 Å². The van der Waals surface area contributed by atoms with Gasteiger partial charge in [-0.15, -0.1) is 0 Å². The molecule has 0 bridgehead atoms. The van der Waals surface area contributed by atoms with Gasteiger partial charge in [0.2, 0.25) is 18.3 Å². The van der Waals surface area contributed by atoms with Crippen molar-refractivity contribution in [3.8, 4) is 0 Å². The lowest BCUT2D eigenvalue weighted by Crippen LogP contribution is -2.51. The van der Waals surface area contributed by atoms with Crippen LogP contribution in [-0.4, -0.2) is 71.1 Å². The molecule has 0 N–H and O–H groups in total. The predicted octanol–water partition coefficient (Wildman–Crippen LogP) is -0.330. The SMILES string of the molecule is CC(=O)O[C@@H]1O[C@H]([C@H]2COC(=S)N2C(C)=O)[C@@H](OC(C)=O)[C@H]1OC(C)=O. The normalized spacial score (nSPS) is 30.5. The zero-order valence-corrected chi connectivity index (χ0v) is 15.4. The minimum absolute atomic E-state index is 0.0135. The molecule has 26 heavy (non-hydrogen) atoms. The summed E-state index contributed by atoms with van der Waals surface area (Å²) >= 11 is 5.00. The maximum absolute atomic E-state index is 11.9. The fourth-order valence-corrected chi connectivity index (χ4v) is 3.23. The molecule has 0 saturated carbocycles. The number of carbonyl (C=O) groups is 4. The van der Waals surface area contributed by atoms with E-state index in [-0.39, 0.29) is 11.8 Å². The van der Waals surface area contributed by atoms with Crippen LogP contribution in [0.2, 0.25) is 0 Å². The molecule has 144 valence electrons. The van der Waals surface area contributed by atoms with Gasteiger partial charge in [-0.05, 0) is 12.2 Å². The maximum Gasteiger partial charge on any atom is 0.305 e. The van der Waals surface area contributed by atoms with Gasteiger partial charge in [0.05, 0.1) is 0 Å². The number of esters is 3. The lowest BCUT2D eigenvalue weighted by Gasteiger charge is -2.28. The van der Waals surface area contributed by atoms with Gasteiger partial charge in [0.15, 0.2) is 6.10 Å². The molecule has 0 aromatic carbocycles. The van der Waals surface area contributed by atoms with Crippen molar-refractivity contribution in [1.29, 1.82) is 0 Å². The second-order valence-corrected chi connectivity index (χ2v) is 6.11. The van der Waals surface area contributed by atoms with E-state index in [0.717, 1.165) is 13.8 Å². The minimum Gasteiger partial charge on any atom is -0.468 e. The van der Waals surface area contributed by atoms with Crippen LogP contribution in [0.3, 0.4) is 0 Å². The number of carbonyl (C=O) groups excluding carboxylic acids is 4.